The molecule has 1 aromatic carbocycles. The van der Waals surface area contributed by atoms with E-state index in [1.54, 1.807) is 11.8 Å². The Morgan fingerprint density at radius 1 is 1.42 bits per heavy atom. The number of hydrogen-bond acceptors (Lipinski definition) is 6. The maximum absolute atomic E-state index is 12.0. The van der Waals surface area contributed by atoms with Crippen molar-refractivity contribution in [3.8, 4) is 17.2 Å². The summed E-state index contributed by atoms with van der Waals surface area (Å²) < 4.78 is 17.7. The SMILES string of the molecule is CCOC(=O)[C@H]1CCC[NH+](Cn2nc(-c3ccc(OC)cc3)oc2=S)C1. The van der Waals surface area contributed by atoms with Gasteiger partial charge in [-0.3, -0.25) is 4.79 Å². The van der Waals surface area contributed by atoms with Crippen molar-refractivity contribution in [1.29, 1.82) is 0 Å². The molecule has 1 N–H and O–H groups in total. The van der Waals surface area contributed by atoms with Crippen LogP contribution in [-0.2, 0) is 16.2 Å². The van der Waals surface area contributed by atoms with Crippen molar-refractivity contribution in [1.82, 2.24) is 9.78 Å². The summed E-state index contributed by atoms with van der Waals surface area (Å²) in [4.78, 5) is 13.6. The fourth-order valence-electron chi connectivity index (χ4n) is 3.22. The molecule has 1 aliphatic rings. The summed E-state index contributed by atoms with van der Waals surface area (Å²) in [6.45, 7) is 4.53. The Bertz CT molecular complexity index is 800. The third-order valence-corrected chi connectivity index (χ3v) is 4.85. The third kappa shape index (κ3) is 4.31. The predicted molar refractivity (Wildman–Crippen MR) is 97.4 cm³/mol. The van der Waals surface area contributed by atoms with Crippen LogP contribution in [0.4, 0.5) is 0 Å². The molecule has 2 aromatic rings. The van der Waals surface area contributed by atoms with Gasteiger partial charge in [-0.1, -0.05) is 0 Å². The molecular weight excluding hydrogens is 354 g/mol. The third-order valence-electron chi connectivity index (χ3n) is 4.55. The van der Waals surface area contributed by atoms with Gasteiger partial charge in [-0.15, -0.1) is 5.10 Å². The normalized spacial score (nSPS) is 19.9. The number of hydrogen-bond donors (Lipinski definition) is 1. The van der Waals surface area contributed by atoms with Gasteiger partial charge in [0, 0.05) is 5.56 Å². The van der Waals surface area contributed by atoms with Crippen LogP contribution >= 0.6 is 12.2 Å². The summed E-state index contributed by atoms with van der Waals surface area (Å²) in [7, 11) is 1.63. The van der Waals surface area contributed by atoms with E-state index < -0.39 is 0 Å². The number of carbonyl (C=O) groups excluding carboxylic acids is 1. The zero-order valence-electron chi connectivity index (χ0n) is 15.1. The van der Waals surface area contributed by atoms with Gasteiger partial charge in [0.1, 0.15) is 11.7 Å². The minimum absolute atomic E-state index is 0.0548. The van der Waals surface area contributed by atoms with Gasteiger partial charge < -0.3 is 18.8 Å². The molecule has 3 rings (SSSR count). The van der Waals surface area contributed by atoms with Crippen LogP contribution in [0.2, 0.25) is 0 Å². The molecule has 0 spiro atoms. The van der Waals surface area contributed by atoms with Crippen molar-refractivity contribution in [2.75, 3.05) is 26.8 Å². The number of aromatic nitrogens is 2. The smallest absolute Gasteiger partial charge is 0.314 e. The molecule has 0 bridgehead atoms. The summed E-state index contributed by atoms with van der Waals surface area (Å²) in [5.74, 6) is 1.10. The van der Waals surface area contributed by atoms with E-state index in [1.165, 1.54) is 4.90 Å². The molecule has 1 aromatic heterocycles. The minimum atomic E-state index is -0.104. The molecule has 1 fully saturated rings. The number of quaternary nitrogens is 1. The average molecular weight is 378 g/mol. The number of esters is 1. The largest absolute Gasteiger partial charge is 0.497 e. The zero-order valence-corrected chi connectivity index (χ0v) is 15.9. The summed E-state index contributed by atoms with van der Waals surface area (Å²) in [5, 5.41) is 4.50. The van der Waals surface area contributed by atoms with Crippen LogP contribution in [0, 0.1) is 10.8 Å². The van der Waals surface area contributed by atoms with E-state index in [1.807, 2.05) is 31.2 Å². The van der Waals surface area contributed by atoms with Crippen LogP contribution in [0.15, 0.2) is 28.7 Å². The number of benzene rings is 1. The average Bonchev–Trinajstić information content (AvgIpc) is 3.03. The molecule has 7 nitrogen and oxygen atoms in total. The fraction of sp³-hybridized carbons (Fsp3) is 0.500. The molecule has 0 radical (unpaired) electrons. The van der Waals surface area contributed by atoms with Gasteiger partial charge in [0.2, 0.25) is 5.89 Å². The first-order valence-corrected chi connectivity index (χ1v) is 9.24. The lowest BCUT2D eigenvalue weighted by Crippen LogP contribution is -3.13. The Kier molecular flexibility index (Phi) is 6.05. The number of piperidine rings is 1. The zero-order chi connectivity index (χ0) is 18.5. The molecule has 1 saturated heterocycles. The molecule has 8 heteroatoms. The number of nitrogens with zero attached hydrogens (tertiary/aromatic N) is 2. The van der Waals surface area contributed by atoms with Crippen molar-refractivity contribution in [2.45, 2.75) is 26.4 Å². The molecule has 26 heavy (non-hydrogen) atoms. The second kappa shape index (κ2) is 8.46. The molecule has 1 unspecified atom stereocenters. The highest BCUT2D eigenvalue weighted by atomic mass is 32.1. The molecule has 1 aliphatic heterocycles. The monoisotopic (exact) mass is 378 g/mol. The molecule has 0 amide bonds. The Morgan fingerprint density at radius 2 is 2.19 bits per heavy atom. The fourth-order valence-corrected chi connectivity index (χ4v) is 3.41. The van der Waals surface area contributed by atoms with E-state index in [4.69, 9.17) is 26.1 Å². The van der Waals surface area contributed by atoms with Crippen LogP contribution in [0.25, 0.3) is 11.5 Å². The van der Waals surface area contributed by atoms with Gasteiger partial charge in [0.15, 0.2) is 6.67 Å². The standard InChI is InChI=1S/C18H23N3O4S/c1-3-24-17(22)14-5-4-10-20(11-14)12-21-18(26)25-16(19-21)13-6-8-15(23-2)9-7-13/h6-9,14H,3-5,10-12H2,1-2H3/p+1/t14-/m0/s1. The van der Waals surface area contributed by atoms with Crippen molar-refractivity contribution in [2.24, 2.45) is 5.92 Å². The van der Waals surface area contributed by atoms with Crippen molar-refractivity contribution in [3.05, 3.63) is 29.1 Å². The summed E-state index contributed by atoms with van der Waals surface area (Å²) in [6, 6.07) is 7.47. The summed E-state index contributed by atoms with van der Waals surface area (Å²) in [5.41, 5.74) is 0.841. The minimum Gasteiger partial charge on any atom is -0.497 e. The maximum atomic E-state index is 12.0. The van der Waals surface area contributed by atoms with Gasteiger partial charge in [-0.25, -0.2) is 0 Å². The topological polar surface area (TPSA) is 70.9 Å². The van der Waals surface area contributed by atoms with Gasteiger partial charge in [-0.2, -0.15) is 4.68 Å². The lowest BCUT2D eigenvalue weighted by atomic mass is 9.99. The van der Waals surface area contributed by atoms with E-state index in [0.717, 1.165) is 37.2 Å². The van der Waals surface area contributed by atoms with Crippen LogP contribution < -0.4 is 9.64 Å². The van der Waals surface area contributed by atoms with Gasteiger partial charge in [-0.05, 0) is 56.2 Å². The maximum Gasteiger partial charge on any atom is 0.314 e. The van der Waals surface area contributed by atoms with Gasteiger partial charge >= 0.3 is 5.97 Å². The number of likely N-dealkylation sites (tertiary alicyclic amines) is 1. The van der Waals surface area contributed by atoms with Crippen LogP contribution in [-0.4, -0.2) is 42.6 Å². The molecular formula is C18H24N3O4S+. The molecule has 0 aliphatic carbocycles. The Balaban J connectivity index is 1.69. The molecule has 2 heterocycles. The molecule has 2 atom stereocenters. The summed E-state index contributed by atoms with van der Waals surface area (Å²) in [6.07, 6.45) is 1.86. The number of rotatable bonds is 6. The van der Waals surface area contributed by atoms with Crippen LogP contribution in [0.5, 0.6) is 5.75 Å². The highest BCUT2D eigenvalue weighted by molar-refractivity contribution is 7.71. The molecule has 0 saturated carbocycles. The van der Waals surface area contributed by atoms with Crippen molar-refractivity contribution >= 4 is 18.2 Å². The van der Waals surface area contributed by atoms with E-state index in [9.17, 15) is 4.79 Å². The van der Waals surface area contributed by atoms with Crippen molar-refractivity contribution in [3.63, 3.8) is 0 Å². The Morgan fingerprint density at radius 3 is 2.88 bits per heavy atom. The van der Waals surface area contributed by atoms with Gasteiger partial charge in [0.05, 0.1) is 26.8 Å². The number of ether oxygens (including phenoxy) is 2. The lowest BCUT2D eigenvalue weighted by molar-refractivity contribution is -0.930. The number of methoxy groups -OCH3 is 1. The van der Waals surface area contributed by atoms with E-state index in [2.05, 4.69) is 5.10 Å². The quantitative estimate of drug-likeness (QED) is 0.609. The Labute approximate surface area is 157 Å². The highest BCUT2D eigenvalue weighted by Gasteiger charge is 2.30. The van der Waals surface area contributed by atoms with Crippen LogP contribution in [0.1, 0.15) is 19.8 Å². The van der Waals surface area contributed by atoms with Gasteiger partial charge in [0.25, 0.3) is 4.84 Å². The van der Waals surface area contributed by atoms with Crippen molar-refractivity contribution < 1.29 is 23.6 Å². The summed E-state index contributed by atoms with van der Waals surface area (Å²) >= 11 is 5.32. The first-order valence-electron chi connectivity index (χ1n) is 8.83. The predicted octanol–water partition coefficient (Wildman–Crippen LogP) is 1.70. The van der Waals surface area contributed by atoms with E-state index >= 15 is 0 Å². The number of carbonyl (C=O) groups is 1. The van der Waals surface area contributed by atoms with Crippen LogP contribution in [0.3, 0.4) is 0 Å². The number of nitrogens with one attached hydrogen (secondary N) is 1. The first-order chi connectivity index (χ1) is 12.6. The molecule has 140 valence electrons. The van der Waals surface area contributed by atoms with E-state index in [-0.39, 0.29) is 11.9 Å². The second-order valence-electron chi connectivity index (χ2n) is 6.35. The highest BCUT2D eigenvalue weighted by Crippen LogP contribution is 2.21. The second-order valence-corrected chi connectivity index (χ2v) is 6.70. The lowest BCUT2D eigenvalue weighted by Gasteiger charge is -2.28. The first kappa shape index (κ1) is 18.6. The Hall–Kier alpha value is -2.19. The van der Waals surface area contributed by atoms with E-state index in [0.29, 0.717) is 24.0 Å².